The number of aliphatic carboxylic acids is 1. The number of hydrogen-bond acceptors (Lipinski definition) is 9. The molecule has 0 radical (unpaired) electrons. The Balaban J connectivity index is 1.53. The summed E-state index contributed by atoms with van der Waals surface area (Å²) in [7, 11) is 0. The molecule has 6 N–H and O–H groups in total. The smallest absolute Gasteiger partial charge is 0.303 e. The van der Waals surface area contributed by atoms with Crippen LogP contribution in [0.2, 0.25) is 0 Å². The van der Waals surface area contributed by atoms with Crippen molar-refractivity contribution < 1.29 is 47.4 Å². The Kier molecular flexibility index (Phi) is 17.1. The molecule has 2 aromatic carbocycles. The van der Waals surface area contributed by atoms with Gasteiger partial charge in [0.25, 0.3) is 11.8 Å². The van der Waals surface area contributed by atoms with Crippen molar-refractivity contribution in [2.24, 2.45) is 11.1 Å². The molecule has 0 spiro atoms. The van der Waals surface area contributed by atoms with Crippen LogP contribution in [-0.2, 0) is 40.1 Å². The van der Waals surface area contributed by atoms with E-state index < -0.39 is 84.0 Å². The van der Waals surface area contributed by atoms with Crippen LogP contribution in [0.15, 0.2) is 72.9 Å². The van der Waals surface area contributed by atoms with Gasteiger partial charge in [-0.05, 0) is 48.2 Å². The molecule has 1 aliphatic heterocycles. The second-order valence-electron chi connectivity index (χ2n) is 15.2. The Labute approximate surface area is 351 Å². The zero-order chi connectivity index (χ0) is 44.0. The van der Waals surface area contributed by atoms with Gasteiger partial charge in [-0.25, -0.2) is 8.78 Å². The first-order valence-corrected chi connectivity index (χ1v) is 20.5. The van der Waals surface area contributed by atoms with E-state index in [0.29, 0.717) is 24.2 Å². The van der Waals surface area contributed by atoms with Gasteiger partial charge < -0.3 is 36.3 Å². The lowest BCUT2D eigenvalue weighted by Crippen LogP contribution is -2.50. The molecule has 0 saturated carbocycles. The number of halogens is 2. The van der Waals surface area contributed by atoms with E-state index in [4.69, 9.17) is 10.8 Å². The Hall–Kier alpha value is -5.88. The van der Waals surface area contributed by atoms with Gasteiger partial charge in [-0.3, -0.25) is 38.5 Å². The number of carbonyl (C=O) groups is 7. The van der Waals surface area contributed by atoms with Gasteiger partial charge in [0.2, 0.25) is 23.6 Å². The van der Waals surface area contributed by atoms with E-state index in [9.17, 15) is 38.0 Å². The molecule has 15 nitrogen and oxygen atoms in total. The highest BCUT2D eigenvalue weighted by atomic mass is 32.2. The van der Waals surface area contributed by atoms with Crippen molar-refractivity contribution in [2.45, 2.75) is 58.7 Å². The molecular weight excluding hydrogens is 801 g/mol. The number of carboxylic acid groups (broad SMARTS) is 1. The number of carbonyl (C=O) groups excluding carboxylic acids is 6. The summed E-state index contributed by atoms with van der Waals surface area (Å²) in [5.41, 5.74) is 7.44. The number of aromatic nitrogens is 1. The zero-order valence-corrected chi connectivity index (χ0v) is 34.6. The lowest BCUT2D eigenvalue weighted by Gasteiger charge is -2.41. The highest BCUT2D eigenvalue weighted by Gasteiger charge is 2.37. The number of carboxylic acids is 1. The SMILES string of the molecule is CC(C)(C)C(c1cc(-c2cc(F)ccc2F)cn1Cc1ccccc1)N(CCCN)C(=O)CSCC(NC(=O)CCC(=O)O)C(=O)NCCNC(=O)CN1C(=O)C=CC1=O. The molecule has 2 heterocycles. The molecule has 322 valence electrons. The highest BCUT2D eigenvalue weighted by molar-refractivity contribution is 8.00. The zero-order valence-electron chi connectivity index (χ0n) is 33.7. The maximum atomic E-state index is 15.2. The highest BCUT2D eigenvalue weighted by Crippen LogP contribution is 2.41. The normalized spacial score (nSPS) is 13.5. The van der Waals surface area contributed by atoms with Crippen LogP contribution in [0.25, 0.3) is 11.1 Å². The maximum absolute atomic E-state index is 15.2. The number of nitrogens with one attached hydrogen (secondary N) is 3. The summed E-state index contributed by atoms with van der Waals surface area (Å²) in [4.78, 5) is 89.7. The van der Waals surface area contributed by atoms with Crippen LogP contribution in [0.1, 0.15) is 57.3 Å². The van der Waals surface area contributed by atoms with Crippen molar-refractivity contribution in [3.63, 3.8) is 0 Å². The minimum absolute atomic E-state index is 0.0656. The summed E-state index contributed by atoms with van der Waals surface area (Å²) < 4.78 is 31.5. The summed E-state index contributed by atoms with van der Waals surface area (Å²) in [6, 6.07) is 12.8. The average molecular weight is 852 g/mol. The monoisotopic (exact) mass is 851 g/mol. The topological polar surface area (TPSA) is 213 Å². The second kappa shape index (κ2) is 21.9. The molecule has 1 aliphatic rings. The Morgan fingerprint density at radius 2 is 1.60 bits per heavy atom. The van der Waals surface area contributed by atoms with Crippen molar-refractivity contribution in [1.82, 2.24) is 30.3 Å². The van der Waals surface area contributed by atoms with E-state index >= 15 is 4.39 Å². The lowest BCUT2D eigenvalue weighted by molar-refractivity contribution is -0.141. The van der Waals surface area contributed by atoms with Gasteiger partial charge in [0.1, 0.15) is 24.2 Å². The summed E-state index contributed by atoms with van der Waals surface area (Å²) in [5, 5.41) is 16.7. The molecule has 0 saturated heterocycles. The number of thioether (sulfide) groups is 1. The predicted molar refractivity (Wildman–Crippen MR) is 221 cm³/mol. The molecule has 0 aliphatic carbocycles. The van der Waals surface area contributed by atoms with E-state index in [1.807, 2.05) is 55.7 Å². The number of imide groups is 1. The van der Waals surface area contributed by atoms with Crippen LogP contribution in [0.4, 0.5) is 8.78 Å². The number of amides is 6. The largest absolute Gasteiger partial charge is 0.481 e. The fraction of sp³-hybridized carbons (Fsp3) is 0.405. The van der Waals surface area contributed by atoms with E-state index in [0.717, 1.165) is 52.6 Å². The predicted octanol–water partition coefficient (Wildman–Crippen LogP) is 2.99. The van der Waals surface area contributed by atoms with Crippen molar-refractivity contribution >= 4 is 53.2 Å². The van der Waals surface area contributed by atoms with Crippen molar-refractivity contribution in [3.05, 3.63) is 95.8 Å². The van der Waals surface area contributed by atoms with E-state index in [-0.39, 0.29) is 49.2 Å². The third-order valence-corrected chi connectivity index (χ3v) is 10.4. The molecule has 2 atom stereocenters. The third kappa shape index (κ3) is 13.6. The third-order valence-electron chi connectivity index (χ3n) is 9.38. The number of benzene rings is 2. The summed E-state index contributed by atoms with van der Waals surface area (Å²) >= 11 is 1.07. The molecule has 3 aromatic rings. The lowest BCUT2D eigenvalue weighted by atomic mass is 9.83. The number of hydrogen-bond donors (Lipinski definition) is 5. The minimum atomic E-state index is -1.20. The molecule has 0 bridgehead atoms. The molecular formula is C42H51F2N7O8S. The Bertz CT molecular complexity index is 2050. The van der Waals surface area contributed by atoms with Crippen LogP contribution < -0.4 is 21.7 Å². The first kappa shape index (κ1) is 46.8. The quantitative estimate of drug-likeness (QED) is 0.0737. The van der Waals surface area contributed by atoms with Crippen molar-refractivity contribution in [2.75, 3.05) is 44.2 Å². The fourth-order valence-electron chi connectivity index (χ4n) is 6.59. The molecule has 4 rings (SSSR count). The van der Waals surface area contributed by atoms with Crippen LogP contribution >= 0.6 is 11.8 Å². The van der Waals surface area contributed by atoms with Gasteiger partial charge >= 0.3 is 5.97 Å². The van der Waals surface area contributed by atoms with Crippen LogP contribution in [0, 0.1) is 17.0 Å². The van der Waals surface area contributed by atoms with E-state index in [2.05, 4.69) is 16.0 Å². The number of rotatable bonds is 22. The van der Waals surface area contributed by atoms with Crippen LogP contribution in [-0.4, -0.2) is 111 Å². The molecule has 0 fully saturated rings. The van der Waals surface area contributed by atoms with Crippen LogP contribution in [0.3, 0.4) is 0 Å². The maximum Gasteiger partial charge on any atom is 0.303 e. The molecule has 60 heavy (non-hydrogen) atoms. The van der Waals surface area contributed by atoms with Gasteiger partial charge in [0.15, 0.2) is 0 Å². The number of nitrogens with two attached hydrogens (primary N) is 1. The molecule has 6 amide bonds. The van der Waals surface area contributed by atoms with Gasteiger partial charge in [0, 0.05) is 73.5 Å². The van der Waals surface area contributed by atoms with Gasteiger partial charge in [-0.1, -0.05) is 51.1 Å². The van der Waals surface area contributed by atoms with Gasteiger partial charge in [-0.2, -0.15) is 0 Å². The first-order valence-electron chi connectivity index (χ1n) is 19.3. The fourth-order valence-corrected chi connectivity index (χ4v) is 7.51. The van der Waals surface area contributed by atoms with E-state index in [1.165, 1.54) is 0 Å². The molecule has 2 unspecified atom stereocenters. The first-order chi connectivity index (χ1) is 28.5. The van der Waals surface area contributed by atoms with Crippen LogP contribution in [0.5, 0.6) is 0 Å². The van der Waals surface area contributed by atoms with Crippen molar-refractivity contribution in [3.8, 4) is 11.1 Å². The summed E-state index contributed by atoms with van der Waals surface area (Å²) in [5.74, 6) is -6.21. The Morgan fingerprint density at radius 1 is 0.917 bits per heavy atom. The Morgan fingerprint density at radius 3 is 2.25 bits per heavy atom. The van der Waals surface area contributed by atoms with E-state index in [1.54, 1.807) is 17.2 Å². The average Bonchev–Trinajstić information content (AvgIpc) is 3.74. The summed E-state index contributed by atoms with van der Waals surface area (Å²) in [6.45, 7) is 6.10. The minimum Gasteiger partial charge on any atom is -0.481 e. The molecule has 1 aromatic heterocycles. The molecule has 18 heteroatoms. The van der Waals surface area contributed by atoms with Gasteiger partial charge in [-0.15, -0.1) is 11.8 Å². The summed E-state index contributed by atoms with van der Waals surface area (Å²) in [6.07, 6.45) is 3.41. The van der Waals surface area contributed by atoms with Crippen molar-refractivity contribution in [1.29, 1.82) is 0 Å². The standard InChI is InChI=1S/C42H51F2N7O8S/c1-42(2,3)40(33-20-28(30-21-29(43)10-11-31(30)44)23-49(33)22-27-8-5-4-6-9-27)50(19-7-16-45)38(56)26-60-25-32(48-34(52)12-15-39(57)58)41(59)47-18-17-46-35(53)24-51-36(54)13-14-37(51)55/h4-6,8-11,13-14,20-21,23,32,40H,7,12,15-19,22,24-26,45H2,1-3H3,(H,46,53)(H,47,59)(H,48,52)(H,57,58). The number of nitrogens with zero attached hydrogens (tertiary/aromatic N) is 3. The second-order valence-corrected chi connectivity index (χ2v) is 16.2. The van der Waals surface area contributed by atoms with Gasteiger partial charge in [0.05, 0.1) is 18.2 Å².